The molecule has 0 unspecified atom stereocenters. The monoisotopic (exact) mass is 372 g/mol. The lowest BCUT2D eigenvalue weighted by molar-refractivity contribution is 0.0938. The summed E-state index contributed by atoms with van der Waals surface area (Å²) in [7, 11) is 0. The van der Waals surface area contributed by atoms with Gasteiger partial charge in [0.25, 0.3) is 5.91 Å². The largest absolute Gasteiger partial charge is 0.486 e. The summed E-state index contributed by atoms with van der Waals surface area (Å²) in [6.45, 7) is 3.46. The quantitative estimate of drug-likeness (QED) is 0.743. The van der Waals surface area contributed by atoms with E-state index in [0.717, 1.165) is 29.5 Å². The number of aromatic nitrogens is 1. The van der Waals surface area contributed by atoms with E-state index < -0.39 is 0 Å². The van der Waals surface area contributed by atoms with Crippen molar-refractivity contribution in [3.63, 3.8) is 0 Å². The van der Waals surface area contributed by atoms with Crippen LogP contribution >= 0.6 is 11.6 Å². The molecule has 0 saturated heterocycles. The number of nitrogens with one attached hydrogen (secondary N) is 1. The van der Waals surface area contributed by atoms with Gasteiger partial charge in [0.15, 0.2) is 0 Å². The Labute approximate surface area is 159 Å². The van der Waals surface area contributed by atoms with Crippen LogP contribution in [0.25, 0.3) is 10.9 Å². The van der Waals surface area contributed by atoms with Gasteiger partial charge in [-0.2, -0.15) is 0 Å². The molecule has 1 aliphatic heterocycles. The highest BCUT2D eigenvalue weighted by molar-refractivity contribution is 6.36. The molecule has 2 aromatic rings. The van der Waals surface area contributed by atoms with Gasteiger partial charge in [0.2, 0.25) is 0 Å². The minimum atomic E-state index is -0.0311. The number of carbonyl (C=O) groups excluding carboxylic acids is 1. The molecule has 4 rings (SSSR count). The van der Waals surface area contributed by atoms with Crippen LogP contribution in [-0.2, 0) is 6.54 Å². The van der Waals surface area contributed by atoms with Gasteiger partial charge in [-0.3, -0.25) is 4.79 Å². The van der Waals surface area contributed by atoms with Gasteiger partial charge in [-0.1, -0.05) is 30.2 Å². The fraction of sp³-hybridized carbons (Fsp3) is 0.476. The van der Waals surface area contributed by atoms with Gasteiger partial charge < -0.3 is 14.6 Å². The minimum Gasteiger partial charge on any atom is -0.486 e. The van der Waals surface area contributed by atoms with E-state index in [2.05, 4.69) is 22.9 Å². The molecule has 1 amide bonds. The molecule has 1 aromatic carbocycles. The van der Waals surface area contributed by atoms with Crippen LogP contribution in [0.3, 0.4) is 0 Å². The summed E-state index contributed by atoms with van der Waals surface area (Å²) in [6.07, 6.45) is 9.17. The Morgan fingerprint density at radius 1 is 1.38 bits per heavy atom. The third-order valence-corrected chi connectivity index (χ3v) is 5.78. The van der Waals surface area contributed by atoms with Crippen LogP contribution in [0, 0.1) is 0 Å². The lowest BCUT2D eigenvalue weighted by Crippen LogP contribution is -2.32. The number of amides is 1. The molecule has 26 heavy (non-hydrogen) atoms. The van der Waals surface area contributed by atoms with E-state index in [1.54, 1.807) is 0 Å². The molecule has 2 aliphatic rings. The molecular weight excluding hydrogens is 348 g/mol. The maximum Gasteiger partial charge on any atom is 0.267 e. The van der Waals surface area contributed by atoms with Crippen LogP contribution < -0.4 is 10.1 Å². The lowest BCUT2D eigenvalue weighted by atomic mass is 9.97. The zero-order chi connectivity index (χ0) is 18.1. The Hall–Kier alpha value is -1.94. The van der Waals surface area contributed by atoms with E-state index in [9.17, 15) is 4.79 Å². The molecule has 1 aromatic heterocycles. The Kier molecular flexibility index (Phi) is 4.94. The summed E-state index contributed by atoms with van der Waals surface area (Å²) in [6, 6.07) is 5.65. The summed E-state index contributed by atoms with van der Waals surface area (Å²) in [5.74, 6) is 0.783. The second-order valence-electron chi connectivity index (χ2n) is 7.21. The first-order chi connectivity index (χ1) is 12.7. The third kappa shape index (κ3) is 3.23. The number of carbonyl (C=O) groups is 1. The molecule has 4 nitrogen and oxygen atoms in total. The standard InChI is InChI=1S/C21H25ClN2O2/c1-2-15-13-24-18(12-16-17(22)8-9-19(26-15)20(16)24)21(25)23-11-10-14-6-4-3-5-7-14/h6,8-9,12,15H,2-5,7,10-11,13H2,1H3,(H,23,25)/t15-/m0/s1. The van der Waals surface area contributed by atoms with Crippen molar-refractivity contribution in [1.82, 2.24) is 9.88 Å². The highest BCUT2D eigenvalue weighted by Crippen LogP contribution is 2.38. The van der Waals surface area contributed by atoms with Gasteiger partial charge in [0, 0.05) is 11.9 Å². The summed E-state index contributed by atoms with van der Waals surface area (Å²) < 4.78 is 8.12. The van der Waals surface area contributed by atoms with E-state index in [-0.39, 0.29) is 12.0 Å². The fourth-order valence-corrected chi connectivity index (χ4v) is 4.19. The average Bonchev–Trinajstić information content (AvgIpc) is 3.06. The number of rotatable bonds is 5. The summed E-state index contributed by atoms with van der Waals surface area (Å²) in [5, 5.41) is 4.64. The van der Waals surface area contributed by atoms with Gasteiger partial charge in [0.1, 0.15) is 17.5 Å². The fourth-order valence-electron chi connectivity index (χ4n) is 3.98. The summed E-state index contributed by atoms with van der Waals surface area (Å²) in [4.78, 5) is 12.8. The third-order valence-electron chi connectivity index (χ3n) is 5.45. The van der Waals surface area contributed by atoms with Crippen molar-refractivity contribution in [2.75, 3.05) is 6.54 Å². The Balaban J connectivity index is 1.56. The smallest absolute Gasteiger partial charge is 0.267 e. The average molecular weight is 373 g/mol. The second kappa shape index (κ2) is 7.36. The highest BCUT2D eigenvalue weighted by atomic mass is 35.5. The topological polar surface area (TPSA) is 43.3 Å². The number of halogens is 1. The Bertz CT molecular complexity index is 869. The molecule has 0 saturated carbocycles. The normalized spacial score (nSPS) is 19.2. The molecule has 0 radical (unpaired) electrons. The number of benzene rings is 1. The number of hydrogen-bond acceptors (Lipinski definition) is 2. The van der Waals surface area contributed by atoms with E-state index in [4.69, 9.17) is 16.3 Å². The van der Waals surface area contributed by atoms with E-state index in [0.29, 0.717) is 23.8 Å². The molecule has 0 fully saturated rings. The predicted molar refractivity (Wildman–Crippen MR) is 105 cm³/mol. The van der Waals surface area contributed by atoms with Crippen LogP contribution in [0.2, 0.25) is 5.02 Å². The van der Waals surface area contributed by atoms with E-state index in [1.807, 2.05) is 18.2 Å². The molecule has 2 heterocycles. The summed E-state index contributed by atoms with van der Waals surface area (Å²) in [5.41, 5.74) is 3.08. The van der Waals surface area contributed by atoms with Crippen molar-refractivity contribution in [1.29, 1.82) is 0 Å². The molecule has 1 aliphatic carbocycles. The SMILES string of the molecule is CC[C@H]1Cn2c(C(=O)NCCC3=CCCCC3)cc3c(Cl)ccc(c32)O1. The highest BCUT2D eigenvalue weighted by Gasteiger charge is 2.26. The van der Waals surface area contributed by atoms with Crippen LogP contribution in [-0.4, -0.2) is 23.1 Å². The van der Waals surface area contributed by atoms with Gasteiger partial charge in [-0.15, -0.1) is 0 Å². The van der Waals surface area contributed by atoms with Crippen molar-refractivity contribution in [2.45, 2.75) is 58.1 Å². The molecule has 1 N–H and O–H groups in total. The van der Waals surface area contributed by atoms with Gasteiger partial charge in [0.05, 0.1) is 17.1 Å². The second-order valence-corrected chi connectivity index (χ2v) is 7.62. The molecule has 1 atom stereocenters. The van der Waals surface area contributed by atoms with Gasteiger partial charge >= 0.3 is 0 Å². The van der Waals surface area contributed by atoms with E-state index in [1.165, 1.54) is 31.3 Å². The van der Waals surface area contributed by atoms with Gasteiger partial charge in [-0.05, 0) is 56.7 Å². The molecule has 0 spiro atoms. The first-order valence-corrected chi connectivity index (χ1v) is 9.99. The van der Waals surface area contributed by atoms with Crippen molar-refractivity contribution in [2.24, 2.45) is 0 Å². The van der Waals surface area contributed by atoms with Crippen molar-refractivity contribution < 1.29 is 9.53 Å². The Morgan fingerprint density at radius 2 is 2.27 bits per heavy atom. The Morgan fingerprint density at radius 3 is 3.04 bits per heavy atom. The number of allylic oxidation sites excluding steroid dienone is 1. The zero-order valence-electron chi connectivity index (χ0n) is 15.2. The summed E-state index contributed by atoms with van der Waals surface area (Å²) >= 11 is 6.37. The molecule has 0 bridgehead atoms. The van der Waals surface area contributed by atoms with Gasteiger partial charge in [-0.25, -0.2) is 0 Å². The van der Waals surface area contributed by atoms with Crippen molar-refractivity contribution >= 4 is 28.4 Å². The molecular formula is C21H25ClN2O2. The van der Waals surface area contributed by atoms with Crippen LogP contribution in [0.15, 0.2) is 29.8 Å². The number of hydrogen-bond donors (Lipinski definition) is 1. The van der Waals surface area contributed by atoms with Crippen molar-refractivity contribution in [3.8, 4) is 5.75 Å². The predicted octanol–water partition coefficient (Wildman–Crippen LogP) is 5.09. The van der Waals surface area contributed by atoms with E-state index >= 15 is 0 Å². The van der Waals surface area contributed by atoms with Crippen LogP contribution in [0.4, 0.5) is 0 Å². The maximum atomic E-state index is 12.8. The molecule has 138 valence electrons. The number of ether oxygens (including phenoxy) is 1. The lowest BCUT2D eigenvalue weighted by Gasteiger charge is -2.26. The maximum absolute atomic E-state index is 12.8. The number of nitrogens with zero attached hydrogens (tertiary/aromatic N) is 1. The van der Waals surface area contributed by atoms with Crippen molar-refractivity contribution in [3.05, 3.63) is 40.6 Å². The first-order valence-electron chi connectivity index (χ1n) is 9.62. The molecule has 5 heteroatoms. The van der Waals surface area contributed by atoms with Crippen LogP contribution in [0.5, 0.6) is 5.75 Å². The van der Waals surface area contributed by atoms with Crippen LogP contribution in [0.1, 0.15) is 55.9 Å². The first kappa shape index (κ1) is 17.5. The zero-order valence-corrected chi connectivity index (χ0v) is 15.9. The minimum absolute atomic E-state index is 0.0311.